The van der Waals surface area contributed by atoms with Crippen molar-refractivity contribution < 1.29 is 20.8 Å². The van der Waals surface area contributed by atoms with Crippen molar-refractivity contribution >= 4 is 130 Å². The number of benzene rings is 4. The first-order valence-corrected chi connectivity index (χ1v) is 34.9. The van der Waals surface area contributed by atoms with Crippen molar-refractivity contribution in [3.63, 3.8) is 0 Å². The maximum absolute atomic E-state index is 4.93. The molecule has 4 fully saturated rings. The second-order valence-electron chi connectivity index (χ2n) is 18.9. The van der Waals surface area contributed by atoms with Gasteiger partial charge in [-0.3, -0.25) is 0 Å². The Morgan fingerprint density at radius 1 is 0.540 bits per heavy atom. The number of rotatable bonds is 6. The summed E-state index contributed by atoms with van der Waals surface area (Å²) in [5.41, 5.74) is 10.5. The van der Waals surface area contributed by atoms with Gasteiger partial charge in [-0.1, -0.05) is 182 Å². The number of halogens is 6. The summed E-state index contributed by atoms with van der Waals surface area (Å²) in [7, 11) is 9.17. The fourth-order valence-electron chi connectivity index (χ4n) is 12.4. The molecule has 0 saturated heterocycles. The Kier molecular flexibility index (Phi) is 20.1. The van der Waals surface area contributed by atoms with Crippen molar-refractivity contribution in [1.82, 2.24) is 0 Å². The molecule has 10 atom stereocenters. The van der Waals surface area contributed by atoms with Crippen LogP contribution in [0.2, 0.25) is 0 Å². The van der Waals surface area contributed by atoms with Gasteiger partial charge in [0.2, 0.25) is 0 Å². The van der Waals surface area contributed by atoms with E-state index in [9.17, 15) is 0 Å². The molecule has 10 rings (SSSR count). The van der Waals surface area contributed by atoms with Gasteiger partial charge in [0.1, 0.15) is 0 Å². The molecule has 336 valence electrons. The van der Waals surface area contributed by atoms with Gasteiger partial charge in [-0.2, -0.15) is 0 Å². The molecular formula is C54H64Br4Cl2P2Zr. The van der Waals surface area contributed by atoms with Gasteiger partial charge in [-0.05, 0) is 188 Å². The molecule has 0 amide bonds. The molecule has 0 spiro atoms. The van der Waals surface area contributed by atoms with E-state index in [1.807, 2.05) is 0 Å². The molecule has 4 saturated carbocycles. The third-order valence-corrected chi connectivity index (χ3v) is 24.6. The second kappa shape index (κ2) is 23.9. The SMILES string of the molecule is CC1=Cc2c(Br)ccc(P(c3ccccc3)c3ccc(Br)c4c3CC(C)=C4)c2C1.CC1CC2C(Br)CCC(P(c3ccccc3)C3CCC(Br)C4CC(C)CC43)C2C1.[CH3-].[CH3-].[Cl][Zr+2][Cl]. The van der Waals surface area contributed by atoms with Crippen LogP contribution in [0.4, 0.5) is 0 Å². The van der Waals surface area contributed by atoms with Gasteiger partial charge in [0, 0.05) is 18.6 Å². The van der Waals surface area contributed by atoms with E-state index in [1.54, 1.807) is 5.30 Å². The molecule has 10 unspecified atom stereocenters. The summed E-state index contributed by atoms with van der Waals surface area (Å²) in [6.45, 7) is 9.52. The first-order valence-electron chi connectivity index (χ1n) is 22.4. The van der Waals surface area contributed by atoms with E-state index in [0.717, 1.165) is 69.3 Å². The number of alkyl halides is 2. The van der Waals surface area contributed by atoms with Crippen LogP contribution in [-0.4, -0.2) is 21.0 Å². The van der Waals surface area contributed by atoms with E-state index in [-0.39, 0.29) is 22.8 Å². The average molecular weight is 1260 g/mol. The molecule has 6 aliphatic carbocycles. The normalized spacial score (nSPS) is 29.1. The molecule has 6 aliphatic rings. The standard InChI is InChI=1S/C26H37Br2P.C26H21Br2P.2CH3.2ClH.Zr/c2*1-16-12-19-21(14-16)25(10-8-23(19)27)29(18-6-4-3-5-7-18)26-11-9-24(28)20-13-17(2)15-22(20)26;;;;;/h3-7,16-17,19-26H,8-15H2,1-2H3;3-13H,14-15H2,1-2H3;2*1H3;2*1H;/q;;2*-1;;;+4/p-2. The van der Waals surface area contributed by atoms with Crippen LogP contribution in [0.3, 0.4) is 0 Å². The summed E-state index contributed by atoms with van der Waals surface area (Å²) in [6, 6.07) is 32.2. The monoisotopic (exact) mass is 1250 g/mol. The van der Waals surface area contributed by atoms with Crippen LogP contribution in [0.5, 0.6) is 0 Å². The van der Waals surface area contributed by atoms with Gasteiger partial charge in [0.25, 0.3) is 0 Å². The van der Waals surface area contributed by atoms with Gasteiger partial charge in [0.05, 0.1) is 0 Å². The Bertz CT molecular complexity index is 2100. The second-order valence-corrected chi connectivity index (χ2v) is 31.5. The average Bonchev–Trinajstić information content (AvgIpc) is 4.05. The van der Waals surface area contributed by atoms with Crippen molar-refractivity contribution in [1.29, 1.82) is 0 Å². The molecule has 0 nitrogen and oxygen atoms in total. The van der Waals surface area contributed by atoms with E-state index in [0.29, 0.717) is 0 Å². The zero-order valence-corrected chi connectivity index (χ0v) is 49.8. The van der Waals surface area contributed by atoms with E-state index in [1.165, 1.54) is 110 Å². The third-order valence-electron chi connectivity index (χ3n) is 14.7. The molecule has 0 heterocycles. The number of hydrogen-bond acceptors (Lipinski definition) is 0. The Hall–Kier alpha value is 0.603. The summed E-state index contributed by atoms with van der Waals surface area (Å²) in [5.74, 6) is 5.65. The van der Waals surface area contributed by atoms with Crippen LogP contribution in [0, 0.1) is 50.4 Å². The Morgan fingerprint density at radius 2 is 0.921 bits per heavy atom. The quantitative estimate of drug-likeness (QED) is 0.103. The van der Waals surface area contributed by atoms with E-state index < -0.39 is 28.8 Å². The molecule has 0 N–H and O–H groups in total. The van der Waals surface area contributed by atoms with Gasteiger partial charge >= 0.3 is 37.9 Å². The Balaban J connectivity index is 0.000000192. The molecule has 63 heavy (non-hydrogen) atoms. The minimum absolute atomic E-state index is 0. The van der Waals surface area contributed by atoms with E-state index >= 15 is 0 Å². The molecule has 0 aliphatic heterocycles. The van der Waals surface area contributed by atoms with Gasteiger partial charge < -0.3 is 14.9 Å². The molecule has 4 aromatic carbocycles. The van der Waals surface area contributed by atoms with Crippen LogP contribution >= 0.6 is 96.6 Å². The minimum atomic E-state index is -0.826. The summed E-state index contributed by atoms with van der Waals surface area (Å²) in [5, 5.41) is 6.14. The van der Waals surface area contributed by atoms with E-state index in [4.69, 9.17) is 17.0 Å². The first-order chi connectivity index (χ1) is 29.5. The molecular weight excluding hydrogens is 1190 g/mol. The maximum atomic E-state index is 4.93. The fourth-order valence-corrected chi connectivity index (χ4v) is 21.9. The summed E-state index contributed by atoms with van der Waals surface area (Å²) in [6.07, 6.45) is 18.4. The van der Waals surface area contributed by atoms with Gasteiger partial charge in [0.15, 0.2) is 0 Å². The van der Waals surface area contributed by atoms with Crippen molar-refractivity contribution in [3.05, 3.63) is 142 Å². The predicted molar refractivity (Wildman–Crippen MR) is 295 cm³/mol. The topological polar surface area (TPSA) is 0 Å². The number of hydrogen-bond donors (Lipinski definition) is 0. The van der Waals surface area contributed by atoms with Crippen LogP contribution in [-0.2, 0) is 33.7 Å². The fraction of sp³-hybridized carbons (Fsp3) is 0.444. The van der Waals surface area contributed by atoms with Crippen molar-refractivity contribution in [3.8, 4) is 0 Å². The van der Waals surface area contributed by atoms with Gasteiger partial charge in [-0.15, -0.1) is 0 Å². The van der Waals surface area contributed by atoms with Crippen molar-refractivity contribution in [2.75, 3.05) is 0 Å². The molecule has 9 heteroatoms. The van der Waals surface area contributed by atoms with E-state index in [2.05, 4.69) is 188 Å². The Morgan fingerprint density at radius 3 is 1.33 bits per heavy atom. The van der Waals surface area contributed by atoms with Crippen molar-refractivity contribution in [2.24, 2.45) is 35.5 Å². The van der Waals surface area contributed by atoms with Crippen LogP contribution in [0.1, 0.15) is 101 Å². The molecule has 0 aromatic heterocycles. The number of allylic oxidation sites excluding steroid dienone is 2. The Labute approximate surface area is 436 Å². The van der Waals surface area contributed by atoms with Crippen LogP contribution < -0.4 is 21.2 Å². The first kappa shape index (κ1) is 53.0. The van der Waals surface area contributed by atoms with Gasteiger partial charge in [-0.25, -0.2) is 0 Å². The molecule has 0 radical (unpaired) electrons. The van der Waals surface area contributed by atoms with Crippen LogP contribution in [0.25, 0.3) is 12.2 Å². The zero-order valence-electron chi connectivity index (χ0n) is 37.7. The molecule has 4 aromatic rings. The predicted octanol–water partition coefficient (Wildman–Crippen LogP) is 17.1. The summed E-state index contributed by atoms with van der Waals surface area (Å²) >= 11 is 15.0. The van der Waals surface area contributed by atoms with Crippen LogP contribution in [0.15, 0.2) is 105 Å². The summed E-state index contributed by atoms with van der Waals surface area (Å²) < 4.78 is 2.41. The number of fused-ring (bicyclic) bond motifs is 4. The molecule has 0 bridgehead atoms. The third kappa shape index (κ3) is 11.6. The van der Waals surface area contributed by atoms with Crippen molar-refractivity contribution in [2.45, 2.75) is 113 Å². The summed E-state index contributed by atoms with van der Waals surface area (Å²) in [4.78, 5) is 1.55. The zero-order chi connectivity index (χ0) is 42.9.